The first-order chi connectivity index (χ1) is 8.34. The van der Waals surface area contributed by atoms with Crippen molar-refractivity contribution < 1.29 is 9.53 Å². The Hall–Kier alpha value is -1.19. The second-order valence-corrected chi connectivity index (χ2v) is 4.84. The summed E-state index contributed by atoms with van der Waals surface area (Å²) >= 11 is 0. The smallest absolute Gasteiger partial charge is 0.166 e. The highest BCUT2D eigenvalue weighted by molar-refractivity contribution is 5.98. The second kappa shape index (κ2) is 4.59. The van der Waals surface area contributed by atoms with Crippen LogP contribution in [0.25, 0.3) is 0 Å². The van der Waals surface area contributed by atoms with Crippen molar-refractivity contribution in [1.29, 1.82) is 0 Å². The topological polar surface area (TPSA) is 38.3 Å². The largest absolute Gasteiger partial charge is 0.381 e. The molecule has 1 saturated heterocycles. The third-order valence-electron chi connectivity index (χ3n) is 3.71. The zero-order chi connectivity index (χ0) is 11.7. The number of benzene rings is 1. The molecule has 0 amide bonds. The molecule has 2 aliphatic rings. The van der Waals surface area contributed by atoms with E-state index in [1.807, 2.05) is 6.07 Å². The summed E-state index contributed by atoms with van der Waals surface area (Å²) in [6, 6.07) is 6.12. The molecule has 90 valence electrons. The highest BCUT2D eigenvalue weighted by Crippen LogP contribution is 2.23. The highest BCUT2D eigenvalue weighted by Gasteiger charge is 2.23. The van der Waals surface area contributed by atoms with Gasteiger partial charge in [0.1, 0.15) is 0 Å². The molecular formula is C14H17NO2. The number of nitrogens with one attached hydrogen (secondary N) is 1. The summed E-state index contributed by atoms with van der Waals surface area (Å²) in [5.74, 6) is 0.458. The van der Waals surface area contributed by atoms with Crippen LogP contribution in [0.4, 0.5) is 0 Å². The summed E-state index contributed by atoms with van der Waals surface area (Å²) in [5, 5.41) is 3.30. The van der Waals surface area contributed by atoms with Crippen LogP contribution in [0, 0.1) is 5.92 Å². The number of ketones is 1. The van der Waals surface area contributed by atoms with E-state index in [1.54, 1.807) is 0 Å². The maximum Gasteiger partial charge on any atom is 0.166 e. The first-order valence-corrected chi connectivity index (χ1v) is 6.29. The van der Waals surface area contributed by atoms with Crippen molar-refractivity contribution in [2.24, 2.45) is 5.92 Å². The van der Waals surface area contributed by atoms with Crippen LogP contribution in [0.3, 0.4) is 0 Å². The molecule has 17 heavy (non-hydrogen) atoms. The molecule has 3 rings (SSSR count). The Kier molecular flexibility index (Phi) is 2.95. The van der Waals surface area contributed by atoms with Crippen LogP contribution >= 0.6 is 0 Å². The molecule has 2 aliphatic heterocycles. The van der Waals surface area contributed by atoms with Crippen LogP contribution in [-0.4, -0.2) is 19.0 Å². The van der Waals surface area contributed by atoms with E-state index in [1.165, 1.54) is 11.1 Å². The number of carbonyl (C=O) groups is 1. The number of fused-ring (bicyclic) bond motifs is 1. The molecule has 3 nitrogen and oxygen atoms in total. The molecule has 0 atom stereocenters. The van der Waals surface area contributed by atoms with E-state index in [9.17, 15) is 4.79 Å². The normalized spacial score (nSPS) is 20.2. The number of hydrogen-bond donors (Lipinski definition) is 1. The first kappa shape index (κ1) is 10.9. The van der Waals surface area contributed by atoms with Crippen LogP contribution in [0.5, 0.6) is 0 Å². The minimum atomic E-state index is 0.163. The Labute approximate surface area is 101 Å². The Morgan fingerprint density at radius 3 is 2.76 bits per heavy atom. The van der Waals surface area contributed by atoms with Gasteiger partial charge in [0.25, 0.3) is 0 Å². The quantitative estimate of drug-likeness (QED) is 0.790. The monoisotopic (exact) mass is 231 g/mol. The predicted octanol–water partition coefficient (Wildman–Crippen LogP) is 1.90. The molecule has 1 fully saturated rings. The van der Waals surface area contributed by atoms with Crippen LogP contribution in [0.15, 0.2) is 18.2 Å². The van der Waals surface area contributed by atoms with Crippen molar-refractivity contribution in [1.82, 2.24) is 5.32 Å². The van der Waals surface area contributed by atoms with Gasteiger partial charge in [0.2, 0.25) is 0 Å². The van der Waals surface area contributed by atoms with Gasteiger partial charge in [0, 0.05) is 37.8 Å². The van der Waals surface area contributed by atoms with Crippen molar-refractivity contribution in [2.75, 3.05) is 13.2 Å². The molecule has 0 spiro atoms. The second-order valence-electron chi connectivity index (χ2n) is 4.84. The maximum atomic E-state index is 12.3. The van der Waals surface area contributed by atoms with Gasteiger partial charge < -0.3 is 10.1 Å². The van der Waals surface area contributed by atoms with E-state index in [0.29, 0.717) is 5.78 Å². The predicted molar refractivity (Wildman–Crippen MR) is 64.9 cm³/mol. The van der Waals surface area contributed by atoms with E-state index in [0.717, 1.165) is 44.7 Å². The van der Waals surface area contributed by atoms with Gasteiger partial charge in [-0.3, -0.25) is 4.79 Å². The van der Waals surface area contributed by atoms with E-state index in [2.05, 4.69) is 17.4 Å². The Balaban J connectivity index is 1.81. The van der Waals surface area contributed by atoms with Crippen molar-refractivity contribution in [2.45, 2.75) is 25.9 Å². The minimum absolute atomic E-state index is 0.163. The summed E-state index contributed by atoms with van der Waals surface area (Å²) in [7, 11) is 0. The summed E-state index contributed by atoms with van der Waals surface area (Å²) in [5.41, 5.74) is 3.48. The molecule has 0 saturated carbocycles. The number of hydrogen-bond acceptors (Lipinski definition) is 3. The number of carbonyl (C=O) groups excluding carboxylic acids is 1. The average molecular weight is 231 g/mol. The molecule has 2 heterocycles. The van der Waals surface area contributed by atoms with Gasteiger partial charge in [-0.05, 0) is 30.0 Å². The molecule has 0 bridgehead atoms. The van der Waals surface area contributed by atoms with Crippen molar-refractivity contribution in [3.05, 3.63) is 34.9 Å². The van der Waals surface area contributed by atoms with Gasteiger partial charge in [-0.25, -0.2) is 0 Å². The standard InChI is InChI=1S/C14H17NO2/c16-14(10-3-5-17-6-4-10)11-1-2-12-8-15-9-13(12)7-11/h1-2,7,10,15H,3-6,8-9H2. The Morgan fingerprint density at radius 1 is 1.18 bits per heavy atom. The minimum Gasteiger partial charge on any atom is -0.381 e. The van der Waals surface area contributed by atoms with E-state index in [-0.39, 0.29) is 5.92 Å². The van der Waals surface area contributed by atoms with Gasteiger partial charge in [-0.1, -0.05) is 12.1 Å². The van der Waals surface area contributed by atoms with Gasteiger partial charge >= 0.3 is 0 Å². The van der Waals surface area contributed by atoms with Crippen LogP contribution in [0.1, 0.15) is 34.3 Å². The lowest BCUT2D eigenvalue weighted by molar-refractivity contribution is 0.0545. The summed E-state index contributed by atoms with van der Waals surface area (Å²) < 4.78 is 5.30. The SMILES string of the molecule is O=C(c1ccc2c(c1)CNC2)C1CCOCC1. The Morgan fingerprint density at radius 2 is 1.94 bits per heavy atom. The average Bonchev–Trinajstić information content (AvgIpc) is 2.86. The van der Waals surface area contributed by atoms with Gasteiger partial charge in [0.15, 0.2) is 5.78 Å². The molecule has 0 aliphatic carbocycles. The zero-order valence-corrected chi connectivity index (χ0v) is 9.87. The van der Waals surface area contributed by atoms with E-state index in [4.69, 9.17) is 4.74 Å². The van der Waals surface area contributed by atoms with Gasteiger partial charge in [-0.2, -0.15) is 0 Å². The molecule has 0 aromatic heterocycles. The lowest BCUT2D eigenvalue weighted by atomic mass is 9.90. The van der Waals surface area contributed by atoms with Crippen LogP contribution in [0.2, 0.25) is 0 Å². The zero-order valence-electron chi connectivity index (χ0n) is 9.87. The molecule has 0 radical (unpaired) electrons. The molecule has 3 heteroatoms. The van der Waals surface area contributed by atoms with Crippen LogP contribution in [-0.2, 0) is 17.8 Å². The van der Waals surface area contributed by atoms with Crippen LogP contribution < -0.4 is 5.32 Å². The summed E-state index contributed by atoms with van der Waals surface area (Å²) in [4.78, 5) is 12.3. The Bertz CT molecular complexity index is 436. The van der Waals surface area contributed by atoms with Crippen molar-refractivity contribution >= 4 is 5.78 Å². The fourth-order valence-electron chi connectivity index (χ4n) is 2.64. The highest BCUT2D eigenvalue weighted by atomic mass is 16.5. The first-order valence-electron chi connectivity index (χ1n) is 6.29. The molecule has 0 unspecified atom stereocenters. The number of ether oxygens (including phenoxy) is 1. The fourth-order valence-corrected chi connectivity index (χ4v) is 2.64. The lowest BCUT2D eigenvalue weighted by Crippen LogP contribution is -2.23. The fraction of sp³-hybridized carbons (Fsp3) is 0.500. The van der Waals surface area contributed by atoms with Gasteiger partial charge in [-0.15, -0.1) is 0 Å². The van der Waals surface area contributed by atoms with Gasteiger partial charge in [0.05, 0.1) is 0 Å². The lowest BCUT2D eigenvalue weighted by Gasteiger charge is -2.21. The third-order valence-corrected chi connectivity index (χ3v) is 3.71. The number of rotatable bonds is 2. The van der Waals surface area contributed by atoms with Crippen molar-refractivity contribution in [3.63, 3.8) is 0 Å². The molecular weight excluding hydrogens is 214 g/mol. The summed E-state index contributed by atoms with van der Waals surface area (Å²) in [6.45, 7) is 3.27. The van der Waals surface area contributed by atoms with E-state index < -0.39 is 0 Å². The maximum absolute atomic E-state index is 12.3. The third kappa shape index (κ3) is 2.13. The molecule has 1 aromatic rings. The van der Waals surface area contributed by atoms with E-state index >= 15 is 0 Å². The molecule has 1 N–H and O–H groups in total. The summed E-state index contributed by atoms with van der Waals surface area (Å²) in [6.07, 6.45) is 1.74. The number of Topliss-reactive ketones (excluding diaryl/α,β-unsaturated/α-hetero) is 1. The van der Waals surface area contributed by atoms with Crippen molar-refractivity contribution in [3.8, 4) is 0 Å². The molecule has 1 aromatic carbocycles.